The van der Waals surface area contributed by atoms with Crippen molar-refractivity contribution in [1.82, 2.24) is 4.57 Å². The summed E-state index contributed by atoms with van der Waals surface area (Å²) in [5, 5.41) is 12.9. The highest BCUT2D eigenvalue weighted by Crippen LogP contribution is 2.22. The van der Waals surface area contributed by atoms with E-state index >= 15 is 0 Å². The van der Waals surface area contributed by atoms with Gasteiger partial charge in [0.25, 0.3) is 0 Å². The van der Waals surface area contributed by atoms with Gasteiger partial charge in [-0.25, -0.2) is 0 Å². The van der Waals surface area contributed by atoms with E-state index in [0.29, 0.717) is 0 Å². The quantitative estimate of drug-likeness (QED) is 0.824. The number of aryl methyl sites for hydroxylation is 1. The summed E-state index contributed by atoms with van der Waals surface area (Å²) >= 11 is 1.69. The van der Waals surface area contributed by atoms with Gasteiger partial charge in [0.1, 0.15) is 0 Å². The minimum absolute atomic E-state index is 0.254. The topological polar surface area (TPSA) is 25.2 Å². The zero-order valence-electron chi connectivity index (χ0n) is 7.89. The van der Waals surface area contributed by atoms with Crippen LogP contribution >= 0.6 is 11.8 Å². The van der Waals surface area contributed by atoms with Gasteiger partial charge in [-0.05, 0) is 40.5 Å². The summed E-state index contributed by atoms with van der Waals surface area (Å²) in [6.07, 6.45) is 9.30. The van der Waals surface area contributed by atoms with Gasteiger partial charge in [-0.3, -0.25) is 0 Å². The van der Waals surface area contributed by atoms with Crippen LogP contribution in [0, 0.1) is 0 Å². The molecule has 1 aliphatic heterocycles. The van der Waals surface area contributed by atoms with Crippen molar-refractivity contribution in [2.75, 3.05) is 6.61 Å². The fourth-order valence-electron chi connectivity index (χ4n) is 1.48. The van der Waals surface area contributed by atoms with Crippen molar-refractivity contribution in [2.45, 2.75) is 13.0 Å². The average Bonchev–Trinajstić information content (AvgIpc) is 2.46. The van der Waals surface area contributed by atoms with Crippen molar-refractivity contribution in [3.05, 3.63) is 34.3 Å². The van der Waals surface area contributed by atoms with Crippen LogP contribution in [0.3, 0.4) is 0 Å². The summed E-state index contributed by atoms with van der Waals surface area (Å²) in [7, 11) is 0. The number of aliphatic hydroxyl groups excluding tert-OH is 1. The van der Waals surface area contributed by atoms with Gasteiger partial charge in [-0.15, -0.1) is 11.8 Å². The smallest absolute Gasteiger partial charge is 0.0448 e. The van der Waals surface area contributed by atoms with Gasteiger partial charge in [0.15, 0.2) is 0 Å². The maximum absolute atomic E-state index is 8.73. The Kier molecular flexibility index (Phi) is 3.11. The molecule has 1 aromatic heterocycles. The molecule has 1 N–H and O–H groups in total. The number of nitrogens with zero attached hydrogens (tertiary/aromatic N) is 1. The van der Waals surface area contributed by atoms with Crippen molar-refractivity contribution in [3.63, 3.8) is 0 Å². The number of aromatic nitrogens is 1. The first-order valence-electron chi connectivity index (χ1n) is 4.69. The van der Waals surface area contributed by atoms with E-state index in [2.05, 4.69) is 39.9 Å². The van der Waals surface area contributed by atoms with Crippen LogP contribution in [0.15, 0.2) is 23.2 Å². The first-order chi connectivity index (χ1) is 6.90. The molecule has 0 aliphatic carbocycles. The van der Waals surface area contributed by atoms with E-state index in [1.54, 1.807) is 11.8 Å². The third kappa shape index (κ3) is 2.11. The Labute approximate surface area is 87.9 Å². The van der Waals surface area contributed by atoms with Gasteiger partial charge in [0, 0.05) is 25.5 Å². The Bertz CT molecular complexity index is 336. The van der Waals surface area contributed by atoms with E-state index in [1.165, 1.54) is 11.1 Å². The molecule has 0 saturated heterocycles. The maximum atomic E-state index is 8.73. The average molecular weight is 207 g/mol. The van der Waals surface area contributed by atoms with Crippen LogP contribution in [0.25, 0.3) is 12.2 Å². The molecule has 14 heavy (non-hydrogen) atoms. The molecule has 0 bridgehead atoms. The molecular weight excluding hydrogens is 194 g/mol. The molecule has 2 heterocycles. The molecule has 0 spiro atoms. The molecule has 0 unspecified atom stereocenters. The number of thioether (sulfide) groups is 1. The molecule has 0 saturated carbocycles. The summed E-state index contributed by atoms with van der Waals surface area (Å²) in [5.41, 5.74) is 2.51. The molecule has 1 aromatic rings. The van der Waals surface area contributed by atoms with Crippen molar-refractivity contribution >= 4 is 23.9 Å². The fraction of sp³-hybridized carbons (Fsp3) is 0.273. The van der Waals surface area contributed by atoms with Crippen molar-refractivity contribution < 1.29 is 5.11 Å². The highest BCUT2D eigenvalue weighted by Gasteiger charge is 2.02. The second-order valence-electron chi connectivity index (χ2n) is 3.23. The van der Waals surface area contributed by atoms with Crippen molar-refractivity contribution in [1.29, 1.82) is 0 Å². The van der Waals surface area contributed by atoms with Crippen LogP contribution in [0.1, 0.15) is 17.5 Å². The van der Waals surface area contributed by atoms with E-state index < -0.39 is 0 Å². The zero-order valence-corrected chi connectivity index (χ0v) is 8.70. The van der Waals surface area contributed by atoms with Crippen molar-refractivity contribution in [2.24, 2.45) is 0 Å². The third-order valence-corrected chi connectivity index (χ3v) is 2.76. The van der Waals surface area contributed by atoms with Crippen LogP contribution in [0.5, 0.6) is 0 Å². The van der Waals surface area contributed by atoms with Crippen LogP contribution in [-0.4, -0.2) is 16.3 Å². The third-order valence-electron chi connectivity index (χ3n) is 2.17. The predicted molar refractivity (Wildman–Crippen MR) is 61.8 cm³/mol. The molecule has 2 nitrogen and oxygen atoms in total. The molecule has 0 amide bonds. The molecule has 0 radical (unpaired) electrons. The highest BCUT2D eigenvalue weighted by molar-refractivity contribution is 8.05. The molecule has 2 rings (SSSR count). The number of rotatable bonds is 3. The van der Waals surface area contributed by atoms with Gasteiger partial charge in [0.2, 0.25) is 0 Å². The molecule has 3 heteroatoms. The van der Waals surface area contributed by atoms with Gasteiger partial charge >= 0.3 is 0 Å². The zero-order chi connectivity index (χ0) is 9.80. The maximum Gasteiger partial charge on any atom is 0.0448 e. The summed E-state index contributed by atoms with van der Waals surface area (Å²) < 4.78 is 2.13. The standard InChI is InChI=1S/C11H13NOS/c13-5-1-4-12-8-10-2-6-14-7-3-11(10)9-12/h2-3,6-9,13H,1,4-5H2. The van der Waals surface area contributed by atoms with Crippen LogP contribution in [0.4, 0.5) is 0 Å². The number of aliphatic hydroxyl groups is 1. The van der Waals surface area contributed by atoms with E-state index in [9.17, 15) is 0 Å². The van der Waals surface area contributed by atoms with Crippen molar-refractivity contribution in [3.8, 4) is 0 Å². The molecule has 0 fully saturated rings. The van der Waals surface area contributed by atoms with Gasteiger partial charge < -0.3 is 9.67 Å². The second kappa shape index (κ2) is 4.53. The fourth-order valence-corrected chi connectivity index (χ4v) is 2.02. The summed E-state index contributed by atoms with van der Waals surface area (Å²) in [4.78, 5) is 0. The Hall–Kier alpha value is -0.930. The largest absolute Gasteiger partial charge is 0.396 e. The summed E-state index contributed by atoms with van der Waals surface area (Å²) in [5.74, 6) is 0. The summed E-state index contributed by atoms with van der Waals surface area (Å²) in [6, 6.07) is 0. The van der Waals surface area contributed by atoms with E-state index in [0.717, 1.165) is 13.0 Å². The lowest BCUT2D eigenvalue weighted by Crippen LogP contribution is -1.96. The van der Waals surface area contributed by atoms with Crippen LogP contribution in [-0.2, 0) is 6.54 Å². The van der Waals surface area contributed by atoms with E-state index in [-0.39, 0.29) is 6.61 Å². The monoisotopic (exact) mass is 207 g/mol. The van der Waals surface area contributed by atoms with E-state index in [1.807, 2.05) is 0 Å². The normalized spacial score (nSPS) is 14.1. The predicted octanol–water partition coefficient (Wildman–Crippen LogP) is 2.56. The summed E-state index contributed by atoms with van der Waals surface area (Å²) in [6.45, 7) is 1.14. The van der Waals surface area contributed by atoms with Crippen LogP contribution < -0.4 is 0 Å². The Morgan fingerprint density at radius 2 is 1.79 bits per heavy atom. The molecular formula is C11H13NOS. The second-order valence-corrected chi connectivity index (χ2v) is 4.04. The first kappa shape index (κ1) is 9.62. The molecule has 0 aromatic carbocycles. The molecule has 1 aliphatic rings. The van der Waals surface area contributed by atoms with Gasteiger partial charge in [-0.1, -0.05) is 0 Å². The van der Waals surface area contributed by atoms with E-state index in [4.69, 9.17) is 5.11 Å². The highest BCUT2D eigenvalue weighted by atomic mass is 32.2. The Morgan fingerprint density at radius 3 is 2.36 bits per heavy atom. The Morgan fingerprint density at radius 1 is 1.14 bits per heavy atom. The lowest BCUT2D eigenvalue weighted by atomic mass is 10.2. The molecule has 0 atom stereocenters. The number of fused-ring (bicyclic) bond motifs is 1. The number of hydrogen-bond acceptors (Lipinski definition) is 2. The van der Waals surface area contributed by atoms with Gasteiger partial charge in [0.05, 0.1) is 0 Å². The van der Waals surface area contributed by atoms with Gasteiger partial charge in [-0.2, -0.15) is 0 Å². The lowest BCUT2D eigenvalue weighted by molar-refractivity contribution is 0.280. The van der Waals surface area contributed by atoms with Crippen LogP contribution in [0.2, 0.25) is 0 Å². The minimum atomic E-state index is 0.254. The SMILES string of the molecule is OCCCn1cc2c(c1)C=CSC=C2. The first-order valence-corrected chi connectivity index (χ1v) is 5.63. The number of hydrogen-bond donors (Lipinski definition) is 1. The Balaban J connectivity index is 2.19. The minimum Gasteiger partial charge on any atom is -0.396 e. The lowest BCUT2D eigenvalue weighted by Gasteiger charge is -1.98. The molecule has 74 valence electrons.